The second kappa shape index (κ2) is 5.83. The topological polar surface area (TPSA) is 42.3 Å². The van der Waals surface area contributed by atoms with Gasteiger partial charge in [-0.25, -0.2) is 0 Å². The van der Waals surface area contributed by atoms with Crippen LogP contribution < -0.4 is 0 Å². The summed E-state index contributed by atoms with van der Waals surface area (Å²) in [7, 11) is 1.53. The van der Waals surface area contributed by atoms with Crippen molar-refractivity contribution in [3.05, 3.63) is 60.3 Å². The van der Waals surface area contributed by atoms with Gasteiger partial charge in [-0.2, -0.15) is 4.39 Å². The number of rotatable bonds is 3. The van der Waals surface area contributed by atoms with Crippen LogP contribution in [-0.4, -0.2) is 28.2 Å². The van der Waals surface area contributed by atoms with Gasteiger partial charge in [0.2, 0.25) is 11.9 Å². The van der Waals surface area contributed by atoms with Gasteiger partial charge in [0.25, 0.3) is 0 Å². The normalized spacial score (nSPS) is 17.9. The van der Waals surface area contributed by atoms with Gasteiger partial charge in [0.05, 0.1) is 11.1 Å². The highest BCUT2D eigenvalue weighted by atomic mass is 19.1. The fraction of sp³-hybridized carbons (Fsp3) is 0.222. The van der Waals surface area contributed by atoms with Crippen LogP contribution in [-0.2, 0) is 4.79 Å². The molecule has 23 heavy (non-hydrogen) atoms. The number of carbonyl (C=O) groups excluding carboxylic acids is 2. The van der Waals surface area contributed by atoms with E-state index >= 15 is 0 Å². The molecule has 4 nitrogen and oxygen atoms in total. The number of hydrogen-bond donors (Lipinski definition) is 0. The Bertz CT molecular complexity index is 848. The predicted octanol–water partition coefficient (Wildman–Crippen LogP) is 3.52. The molecule has 5 heteroatoms. The molecule has 1 unspecified atom stereocenters. The Hall–Kier alpha value is -2.69. The van der Waals surface area contributed by atoms with Gasteiger partial charge in [-0.15, -0.1) is 0 Å². The number of Topliss-reactive ketones (excluding diaryl/α,β-unsaturated/α-hetero) is 1. The van der Waals surface area contributed by atoms with Crippen molar-refractivity contribution >= 4 is 22.6 Å². The zero-order chi connectivity index (χ0) is 16.6. The van der Waals surface area contributed by atoms with Crippen molar-refractivity contribution in [3.63, 3.8) is 0 Å². The maximum Gasteiger partial charge on any atom is 0.232 e. The molecule has 0 bridgehead atoms. The molecular formula is C18H17FN2O2. The lowest BCUT2D eigenvalue weighted by molar-refractivity contribution is -0.114. The predicted molar refractivity (Wildman–Crippen MR) is 86.4 cm³/mol. The molecule has 1 atom stereocenters. The first-order valence-corrected chi connectivity index (χ1v) is 7.40. The summed E-state index contributed by atoms with van der Waals surface area (Å²) in [6.45, 7) is 1.32. The van der Waals surface area contributed by atoms with Crippen molar-refractivity contribution in [1.29, 1.82) is 0 Å². The standard InChI is InChI=1S/C18H17FN2O2/c1-12(22)17-14(7-9-20(2)18(17)19)11-16(23)21-10-8-13-5-3-4-6-15(13)21/h3-10,14H,11H2,1-2H3. The Labute approximate surface area is 133 Å². The molecule has 118 valence electrons. The minimum absolute atomic E-state index is 0.0470. The van der Waals surface area contributed by atoms with Gasteiger partial charge in [-0.05, 0) is 19.1 Å². The van der Waals surface area contributed by atoms with Crippen LogP contribution >= 0.6 is 0 Å². The molecule has 1 aliphatic rings. The first-order chi connectivity index (χ1) is 11.0. The molecule has 0 amide bonds. The Morgan fingerprint density at radius 3 is 2.70 bits per heavy atom. The molecule has 0 N–H and O–H groups in total. The fourth-order valence-corrected chi connectivity index (χ4v) is 2.90. The number of nitrogens with zero attached hydrogens (tertiary/aromatic N) is 2. The number of hydrogen-bond acceptors (Lipinski definition) is 3. The minimum Gasteiger partial charge on any atom is -0.328 e. The molecule has 0 saturated heterocycles. The average molecular weight is 312 g/mol. The van der Waals surface area contributed by atoms with Gasteiger partial charge in [0.1, 0.15) is 0 Å². The SMILES string of the molecule is CC(=O)C1=C(F)N(C)C=CC1CC(=O)n1ccc2ccccc21. The van der Waals surface area contributed by atoms with Crippen molar-refractivity contribution in [2.24, 2.45) is 5.92 Å². The third-order valence-electron chi connectivity index (χ3n) is 4.09. The number of ketones is 1. The van der Waals surface area contributed by atoms with Crippen LogP contribution in [0.4, 0.5) is 4.39 Å². The lowest BCUT2D eigenvalue weighted by Gasteiger charge is -2.24. The molecule has 0 spiro atoms. The second-order valence-electron chi connectivity index (χ2n) is 5.66. The maximum absolute atomic E-state index is 14.2. The maximum atomic E-state index is 14.2. The van der Waals surface area contributed by atoms with Crippen molar-refractivity contribution in [1.82, 2.24) is 9.47 Å². The largest absolute Gasteiger partial charge is 0.328 e. The first kappa shape index (κ1) is 15.2. The van der Waals surface area contributed by atoms with Gasteiger partial charge < -0.3 is 4.90 Å². The van der Waals surface area contributed by atoms with Crippen LogP contribution in [0.1, 0.15) is 18.1 Å². The van der Waals surface area contributed by atoms with Gasteiger partial charge >= 0.3 is 0 Å². The summed E-state index contributed by atoms with van der Waals surface area (Å²) in [6.07, 6.45) is 5.00. The Balaban J connectivity index is 1.90. The van der Waals surface area contributed by atoms with E-state index < -0.39 is 11.9 Å². The van der Waals surface area contributed by atoms with Crippen molar-refractivity contribution in [2.75, 3.05) is 7.05 Å². The number of benzene rings is 1. The molecule has 1 aliphatic heterocycles. The number of fused-ring (bicyclic) bond motifs is 1. The third kappa shape index (κ3) is 2.70. The van der Waals surface area contributed by atoms with E-state index in [2.05, 4.69) is 0 Å². The van der Waals surface area contributed by atoms with E-state index in [-0.39, 0.29) is 23.7 Å². The lowest BCUT2D eigenvalue weighted by Crippen LogP contribution is -2.25. The Kier molecular flexibility index (Phi) is 3.86. The molecule has 0 aliphatic carbocycles. The lowest BCUT2D eigenvalue weighted by atomic mass is 9.91. The summed E-state index contributed by atoms with van der Waals surface area (Å²) in [6, 6.07) is 9.42. The summed E-state index contributed by atoms with van der Waals surface area (Å²) in [4.78, 5) is 25.6. The third-order valence-corrected chi connectivity index (χ3v) is 4.09. The molecule has 0 saturated carbocycles. The van der Waals surface area contributed by atoms with Crippen LogP contribution in [0.2, 0.25) is 0 Å². The summed E-state index contributed by atoms with van der Waals surface area (Å²) in [5, 5.41) is 0.966. The Morgan fingerprint density at radius 1 is 1.22 bits per heavy atom. The summed E-state index contributed by atoms with van der Waals surface area (Å²) < 4.78 is 15.8. The van der Waals surface area contributed by atoms with E-state index in [0.29, 0.717) is 0 Å². The van der Waals surface area contributed by atoms with E-state index in [0.717, 1.165) is 10.9 Å². The van der Waals surface area contributed by atoms with Gasteiger partial charge in [0.15, 0.2) is 5.78 Å². The molecule has 1 aromatic carbocycles. The highest BCUT2D eigenvalue weighted by Gasteiger charge is 2.28. The number of halogens is 1. The molecule has 2 aromatic rings. The van der Waals surface area contributed by atoms with E-state index in [1.165, 1.54) is 18.9 Å². The second-order valence-corrected chi connectivity index (χ2v) is 5.66. The van der Waals surface area contributed by atoms with Crippen LogP contribution in [0.5, 0.6) is 0 Å². The molecule has 0 fully saturated rings. The monoisotopic (exact) mass is 312 g/mol. The van der Waals surface area contributed by atoms with E-state index in [9.17, 15) is 14.0 Å². The van der Waals surface area contributed by atoms with E-state index in [4.69, 9.17) is 0 Å². The first-order valence-electron chi connectivity index (χ1n) is 7.40. The molecule has 2 heterocycles. The van der Waals surface area contributed by atoms with Crippen molar-refractivity contribution in [3.8, 4) is 0 Å². The Morgan fingerprint density at radius 2 is 1.96 bits per heavy atom. The van der Waals surface area contributed by atoms with Crippen LogP contribution in [0.3, 0.4) is 0 Å². The summed E-state index contributed by atoms with van der Waals surface area (Å²) in [5.41, 5.74) is 0.864. The van der Waals surface area contributed by atoms with Crippen molar-refractivity contribution < 1.29 is 14.0 Å². The highest BCUT2D eigenvalue weighted by molar-refractivity contribution is 5.97. The quantitative estimate of drug-likeness (QED) is 0.814. The van der Waals surface area contributed by atoms with E-state index in [1.807, 2.05) is 30.3 Å². The average Bonchev–Trinajstić information content (AvgIpc) is 2.94. The minimum atomic E-state index is -0.588. The van der Waals surface area contributed by atoms with Gasteiger partial charge in [-0.1, -0.05) is 24.3 Å². The van der Waals surface area contributed by atoms with Gasteiger partial charge in [0, 0.05) is 37.2 Å². The van der Waals surface area contributed by atoms with Crippen LogP contribution in [0.25, 0.3) is 10.9 Å². The molecule has 1 aromatic heterocycles. The molecular weight excluding hydrogens is 295 g/mol. The fourth-order valence-electron chi connectivity index (χ4n) is 2.90. The molecule has 3 rings (SSSR count). The zero-order valence-corrected chi connectivity index (χ0v) is 13.0. The van der Waals surface area contributed by atoms with Gasteiger partial charge in [-0.3, -0.25) is 14.2 Å². The summed E-state index contributed by atoms with van der Waals surface area (Å²) >= 11 is 0. The van der Waals surface area contributed by atoms with Crippen LogP contribution in [0, 0.1) is 5.92 Å². The number of allylic oxidation sites excluding steroid dienone is 2. The van der Waals surface area contributed by atoms with Crippen LogP contribution in [0.15, 0.2) is 60.3 Å². The number of carbonyl (C=O) groups is 2. The molecule has 0 radical (unpaired) electrons. The van der Waals surface area contributed by atoms with E-state index in [1.54, 1.807) is 23.0 Å². The zero-order valence-electron chi connectivity index (χ0n) is 13.0. The number of para-hydroxylation sites is 1. The number of aromatic nitrogens is 1. The smallest absolute Gasteiger partial charge is 0.232 e. The summed E-state index contributed by atoms with van der Waals surface area (Å²) in [5.74, 6) is -1.65. The highest BCUT2D eigenvalue weighted by Crippen LogP contribution is 2.29. The van der Waals surface area contributed by atoms with Crippen molar-refractivity contribution in [2.45, 2.75) is 13.3 Å².